The second-order valence-electron chi connectivity index (χ2n) is 6.93. The van der Waals surface area contributed by atoms with Crippen molar-refractivity contribution in [1.29, 1.82) is 10.5 Å². The summed E-state index contributed by atoms with van der Waals surface area (Å²) in [6.45, 7) is 4.21. The van der Waals surface area contributed by atoms with E-state index in [0.29, 0.717) is 28.2 Å². The van der Waals surface area contributed by atoms with Crippen LogP contribution in [0, 0.1) is 22.7 Å². The van der Waals surface area contributed by atoms with Gasteiger partial charge in [-0.15, -0.1) is 11.3 Å². The Morgan fingerprint density at radius 3 is 2.50 bits per heavy atom. The van der Waals surface area contributed by atoms with Crippen LogP contribution >= 0.6 is 11.3 Å². The smallest absolute Gasteiger partial charge is 0.194 e. The van der Waals surface area contributed by atoms with Crippen LogP contribution in [0.15, 0.2) is 41.5 Å². The fourth-order valence-electron chi connectivity index (χ4n) is 3.59. The molecular weight excluding hydrogens is 368 g/mol. The van der Waals surface area contributed by atoms with Crippen molar-refractivity contribution in [3.8, 4) is 12.1 Å². The SMILES string of the molecule is CC(C)c1nc2sc(/C=C3\C(=O)c4ccccc4C3=C(C#N)C#N)cc2n1C. The van der Waals surface area contributed by atoms with Crippen LogP contribution in [0.3, 0.4) is 0 Å². The van der Waals surface area contributed by atoms with Crippen LogP contribution in [-0.4, -0.2) is 15.3 Å². The molecule has 3 aromatic rings. The van der Waals surface area contributed by atoms with E-state index < -0.39 is 0 Å². The molecule has 0 saturated heterocycles. The van der Waals surface area contributed by atoms with E-state index in [1.54, 1.807) is 30.3 Å². The van der Waals surface area contributed by atoms with Crippen LogP contribution in [0.2, 0.25) is 0 Å². The van der Waals surface area contributed by atoms with Crippen molar-refractivity contribution in [3.05, 3.63) is 63.3 Å². The molecule has 0 saturated carbocycles. The Labute approximate surface area is 166 Å². The maximum absolute atomic E-state index is 13.0. The van der Waals surface area contributed by atoms with E-state index in [-0.39, 0.29) is 11.4 Å². The monoisotopic (exact) mass is 384 g/mol. The van der Waals surface area contributed by atoms with Gasteiger partial charge in [-0.05, 0) is 17.7 Å². The first-order chi connectivity index (χ1) is 13.5. The molecule has 136 valence electrons. The molecule has 6 heteroatoms. The molecule has 0 fully saturated rings. The number of thiophene rings is 1. The molecule has 0 bridgehead atoms. The van der Waals surface area contributed by atoms with E-state index >= 15 is 0 Å². The number of hydrogen-bond acceptors (Lipinski definition) is 5. The molecule has 0 N–H and O–H groups in total. The summed E-state index contributed by atoms with van der Waals surface area (Å²) in [6.07, 6.45) is 1.77. The van der Waals surface area contributed by atoms with Crippen LogP contribution in [0.4, 0.5) is 0 Å². The zero-order valence-corrected chi connectivity index (χ0v) is 16.5. The lowest BCUT2D eigenvalue weighted by Crippen LogP contribution is -1.99. The van der Waals surface area contributed by atoms with Crippen molar-refractivity contribution in [3.63, 3.8) is 0 Å². The molecule has 0 aliphatic heterocycles. The van der Waals surface area contributed by atoms with Gasteiger partial charge >= 0.3 is 0 Å². The van der Waals surface area contributed by atoms with Gasteiger partial charge in [0.15, 0.2) is 5.78 Å². The lowest BCUT2D eigenvalue weighted by Gasteiger charge is -2.04. The normalized spacial score (nSPS) is 14.6. The summed E-state index contributed by atoms with van der Waals surface area (Å²) in [5.41, 5.74) is 2.92. The highest BCUT2D eigenvalue weighted by Gasteiger charge is 2.32. The fourth-order valence-corrected chi connectivity index (χ4v) is 4.60. The summed E-state index contributed by atoms with van der Waals surface area (Å²) in [6, 6.07) is 13.0. The number of allylic oxidation sites excluding steroid dienone is 3. The largest absolute Gasteiger partial charge is 0.330 e. The second-order valence-corrected chi connectivity index (χ2v) is 7.99. The first-order valence-electron chi connectivity index (χ1n) is 8.83. The Morgan fingerprint density at radius 2 is 1.89 bits per heavy atom. The summed E-state index contributed by atoms with van der Waals surface area (Å²) >= 11 is 1.50. The maximum Gasteiger partial charge on any atom is 0.194 e. The predicted octanol–water partition coefficient (Wildman–Crippen LogP) is 4.84. The summed E-state index contributed by atoms with van der Waals surface area (Å²) in [7, 11) is 1.99. The Bertz CT molecular complexity index is 1270. The number of rotatable bonds is 2. The van der Waals surface area contributed by atoms with Gasteiger partial charge < -0.3 is 4.57 Å². The zero-order chi connectivity index (χ0) is 20.0. The number of Topliss-reactive ketones (excluding diaryl/α,β-unsaturated/α-hetero) is 1. The molecule has 0 unspecified atom stereocenters. The van der Waals surface area contributed by atoms with Gasteiger partial charge in [0.2, 0.25) is 0 Å². The average molecular weight is 384 g/mol. The molecule has 4 rings (SSSR count). The molecule has 2 aromatic heterocycles. The van der Waals surface area contributed by atoms with E-state index in [2.05, 4.69) is 18.4 Å². The third-order valence-electron chi connectivity index (χ3n) is 4.87. The Balaban J connectivity index is 1.91. The molecule has 0 atom stereocenters. The van der Waals surface area contributed by atoms with Gasteiger partial charge in [0.05, 0.1) is 5.52 Å². The van der Waals surface area contributed by atoms with Crippen molar-refractivity contribution in [1.82, 2.24) is 9.55 Å². The van der Waals surface area contributed by atoms with Crippen molar-refractivity contribution in [2.24, 2.45) is 7.05 Å². The van der Waals surface area contributed by atoms with Gasteiger partial charge in [-0.2, -0.15) is 10.5 Å². The van der Waals surface area contributed by atoms with E-state index in [1.807, 2.05) is 25.3 Å². The molecule has 5 nitrogen and oxygen atoms in total. The number of benzene rings is 1. The summed E-state index contributed by atoms with van der Waals surface area (Å²) < 4.78 is 2.07. The van der Waals surface area contributed by atoms with Crippen LogP contribution in [0.1, 0.15) is 46.4 Å². The Kier molecular flexibility index (Phi) is 4.22. The minimum absolute atomic E-state index is 0.0501. The second kappa shape index (κ2) is 6.60. The third kappa shape index (κ3) is 2.58. The third-order valence-corrected chi connectivity index (χ3v) is 5.83. The van der Waals surface area contributed by atoms with Crippen molar-refractivity contribution in [2.45, 2.75) is 19.8 Å². The molecule has 1 aromatic carbocycles. The summed E-state index contributed by atoms with van der Waals surface area (Å²) in [5.74, 6) is 1.17. The number of carbonyl (C=O) groups excluding carboxylic acids is 1. The number of ketones is 1. The van der Waals surface area contributed by atoms with E-state index in [4.69, 9.17) is 4.98 Å². The number of fused-ring (bicyclic) bond motifs is 2. The van der Waals surface area contributed by atoms with Gasteiger partial charge in [-0.25, -0.2) is 4.98 Å². The Morgan fingerprint density at radius 1 is 1.21 bits per heavy atom. The first kappa shape index (κ1) is 17.9. The zero-order valence-electron chi connectivity index (χ0n) is 15.6. The highest BCUT2D eigenvalue weighted by Crippen LogP contribution is 2.40. The van der Waals surface area contributed by atoms with Crippen molar-refractivity contribution in [2.75, 3.05) is 0 Å². The van der Waals surface area contributed by atoms with Crippen molar-refractivity contribution < 1.29 is 4.79 Å². The lowest BCUT2D eigenvalue weighted by atomic mass is 9.99. The number of aryl methyl sites for hydroxylation is 1. The minimum Gasteiger partial charge on any atom is -0.330 e. The molecule has 1 aliphatic rings. The lowest BCUT2D eigenvalue weighted by molar-refractivity contribution is 0.104. The van der Waals surface area contributed by atoms with Gasteiger partial charge in [0.25, 0.3) is 0 Å². The topological polar surface area (TPSA) is 82.5 Å². The molecule has 1 aliphatic carbocycles. The number of nitriles is 2. The number of aromatic nitrogens is 2. The highest BCUT2D eigenvalue weighted by molar-refractivity contribution is 7.19. The van der Waals surface area contributed by atoms with Gasteiger partial charge in [0, 0.05) is 34.6 Å². The quantitative estimate of drug-likeness (QED) is 0.468. The average Bonchev–Trinajstić information content (AvgIpc) is 3.30. The van der Waals surface area contributed by atoms with Crippen LogP contribution < -0.4 is 0 Å². The molecular formula is C22H16N4OS. The number of hydrogen-bond donors (Lipinski definition) is 0. The molecule has 0 radical (unpaired) electrons. The highest BCUT2D eigenvalue weighted by atomic mass is 32.1. The molecule has 2 heterocycles. The van der Waals surface area contributed by atoms with E-state index in [1.165, 1.54) is 11.3 Å². The molecule has 28 heavy (non-hydrogen) atoms. The van der Waals surface area contributed by atoms with Crippen LogP contribution in [0.25, 0.3) is 22.0 Å². The molecule has 0 spiro atoms. The van der Waals surface area contributed by atoms with Crippen LogP contribution in [0.5, 0.6) is 0 Å². The predicted molar refractivity (Wildman–Crippen MR) is 110 cm³/mol. The van der Waals surface area contributed by atoms with Gasteiger partial charge in [-0.1, -0.05) is 38.1 Å². The Hall–Kier alpha value is -3.48. The summed E-state index contributed by atoms with van der Waals surface area (Å²) in [5, 5.41) is 18.8. The van der Waals surface area contributed by atoms with Gasteiger partial charge in [-0.3, -0.25) is 4.79 Å². The first-order valence-corrected chi connectivity index (χ1v) is 9.64. The number of carbonyl (C=O) groups is 1. The van der Waals surface area contributed by atoms with E-state index in [0.717, 1.165) is 21.0 Å². The van der Waals surface area contributed by atoms with E-state index in [9.17, 15) is 15.3 Å². The number of imidazole rings is 1. The van der Waals surface area contributed by atoms with Crippen molar-refractivity contribution >= 4 is 39.1 Å². The standard InChI is InChI=1S/C22H16N4OS/c1-12(2)21-25-22-18(26(21)3)9-14(28-22)8-17-19(13(10-23)11-24)15-6-4-5-7-16(15)20(17)27/h4-9,12H,1-3H3/b17-8-. The summed E-state index contributed by atoms with van der Waals surface area (Å²) in [4.78, 5) is 19.5. The maximum atomic E-state index is 13.0. The van der Waals surface area contributed by atoms with Crippen LogP contribution in [-0.2, 0) is 7.05 Å². The molecule has 0 amide bonds. The number of nitrogens with zero attached hydrogens (tertiary/aromatic N) is 4. The van der Waals surface area contributed by atoms with Gasteiger partial charge in [0.1, 0.15) is 28.4 Å². The minimum atomic E-state index is -0.165. The fraction of sp³-hybridized carbons (Fsp3) is 0.182.